The highest BCUT2D eigenvalue weighted by Gasteiger charge is 2.17. The maximum atomic E-state index is 13.2. The summed E-state index contributed by atoms with van der Waals surface area (Å²) in [6.45, 7) is 0.563. The second-order valence-corrected chi connectivity index (χ2v) is 6.25. The molecule has 27 heavy (non-hydrogen) atoms. The molecular weight excluding hydrogens is 375 g/mol. The number of ether oxygens (including phenoxy) is 3. The van der Waals surface area contributed by atoms with Gasteiger partial charge in [0.2, 0.25) is 11.7 Å². The molecule has 0 aliphatic carbocycles. The molecule has 1 N–H and O–H groups in total. The number of nitrogens with one attached hydrogen (secondary N) is 1. The third-order valence-electron chi connectivity index (χ3n) is 3.84. The summed E-state index contributed by atoms with van der Waals surface area (Å²) < 4.78 is 29.3. The number of nitrogens with zero attached hydrogens (tertiary/aromatic N) is 1. The summed E-state index contributed by atoms with van der Waals surface area (Å²) in [6.07, 6.45) is 0. The lowest BCUT2D eigenvalue weighted by Crippen LogP contribution is -2.30. The number of amides is 1. The molecule has 0 heterocycles. The van der Waals surface area contributed by atoms with E-state index in [9.17, 15) is 9.18 Å². The fraction of sp³-hybridized carbons (Fsp3) is 0.316. The molecule has 0 aliphatic rings. The summed E-state index contributed by atoms with van der Waals surface area (Å²) in [5, 5.41) is 2.64. The van der Waals surface area contributed by atoms with Gasteiger partial charge in [0, 0.05) is 17.8 Å². The number of likely N-dealkylation sites (N-methyl/N-ethyl adjacent to an activating group) is 1. The SMILES string of the molecule is COc1ccc(CN(C)CC(=O)Nc2ccc(F)c(Cl)c2)c(OC)c1OC. The van der Waals surface area contributed by atoms with E-state index in [-0.39, 0.29) is 17.5 Å². The van der Waals surface area contributed by atoms with Crippen molar-refractivity contribution in [2.75, 3.05) is 40.2 Å². The van der Waals surface area contributed by atoms with Gasteiger partial charge >= 0.3 is 0 Å². The lowest BCUT2D eigenvalue weighted by atomic mass is 10.1. The number of anilines is 1. The monoisotopic (exact) mass is 396 g/mol. The zero-order valence-electron chi connectivity index (χ0n) is 15.6. The van der Waals surface area contributed by atoms with Gasteiger partial charge in [0.25, 0.3) is 0 Å². The van der Waals surface area contributed by atoms with Gasteiger partial charge in [-0.3, -0.25) is 9.69 Å². The number of hydrogen-bond donors (Lipinski definition) is 1. The van der Waals surface area contributed by atoms with Crippen molar-refractivity contribution in [2.45, 2.75) is 6.54 Å². The summed E-state index contributed by atoms with van der Waals surface area (Å²) in [5.41, 5.74) is 1.28. The lowest BCUT2D eigenvalue weighted by Gasteiger charge is -2.20. The van der Waals surface area contributed by atoms with E-state index in [1.165, 1.54) is 25.3 Å². The van der Waals surface area contributed by atoms with Gasteiger partial charge in [-0.2, -0.15) is 0 Å². The molecule has 0 fully saturated rings. The maximum absolute atomic E-state index is 13.2. The predicted molar refractivity (Wildman–Crippen MR) is 102 cm³/mol. The van der Waals surface area contributed by atoms with Crippen LogP contribution in [0.25, 0.3) is 0 Å². The summed E-state index contributed by atoms with van der Waals surface area (Å²) >= 11 is 5.72. The highest BCUT2D eigenvalue weighted by Crippen LogP contribution is 2.40. The number of benzene rings is 2. The average Bonchev–Trinajstić information content (AvgIpc) is 2.63. The molecule has 2 aromatic rings. The minimum absolute atomic E-state index is 0.0452. The first-order valence-electron chi connectivity index (χ1n) is 8.10. The Bertz CT molecular complexity index is 817. The van der Waals surface area contributed by atoms with E-state index in [2.05, 4.69) is 5.32 Å². The molecule has 0 aliphatic heterocycles. The Morgan fingerprint density at radius 3 is 2.41 bits per heavy atom. The second-order valence-electron chi connectivity index (χ2n) is 5.84. The Kier molecular flexibility index (Phi) is 7.27. The Morgan fingerprint density at radius 1 is 1.11 bits per heavy atom. The van der Waals surface area contributed by atoms with Crippen LogP contribution in [0.3, 0.4) is 0 Å². The molecule has 6 nitrogen and oxygen atoms in total. The van der Waals surface area contributed by atoms with Gasteiger partial charge in [-0.1, -0.05) is 17.7 Å². The fourth-order valence-corrected chi connectivity index (χ4v) is 2.83. The first-order valence-corrected chi connectivity index (χ1v) is 8.48. The van der Waals surface area contributed by atoms with Gasteiger partial charge in [-0.05, 0) is 31.3 Å². The third kappa shape index (κ3) is 5.24. The van der Waals surface area contributed by atoms with E-state index in [1.807, 2.05) is 11.0 Å². The first kappa shape index (κ1) is 20.8. The Morgan fingerprint density at radius 2 is 1.81 bits per heavy atom. The van der Waals surface area contributed by atoms with Crippen LogP contribution < -0.4 is 19.5 Å². The van der Waals surface area contributed by atoms with Crippen molar-refractivity contribution < 1.29 is 23.4 Å². The van der Waals surface area contributed by atoms with E-state index in [0.29, 0.717) is 29.5 Å². The molecule has 0 aromatic heterocycles. The molecule has 0 atom stereocenters. The van der Waals surface area contributed by atoms with Crippen LogP contribution in [0.1, 0.15) is 5.56 Å². The molecule has 2 rings (SSSR count). The zero-order valence-corrected chi connectivity index (χ0v) is 16.4. The highest BCUT2D eigenvalue weighted by molar-refractivity contribution is 6.31. The van der Waals surface area contributed by atoms with Crippen molar-refractivity contribution in [1.82, 2.24) is 4.90 Å². The zero-order chi connectivity index (χ0) is 20.0. The van der Waals surface area contributed by atoms with Gasteiger partial charge in [0.05, 0.1) is 32.9 Å². The number of carbonyl (C=O) groups excluding carboxylic acids is 1. The van der Waals surface area contributed by atoms with Crippen LogP contribution in [-0.4, -0.2) is 45.7 Å². The Hall–Kier alpha value is -2.51. The molecule has 2 aromatic carbocycles. The predicted octanol–water partition coefficient (Wildman–Crippen LogP) is 3.58. The molecule has 8 heteroatoms. The van der Waals surface area contributed by atoms with Crippen molar-refractivity contribution in [3.63, 3.8) is 0 Å². The Labute approximate surface area is 162 Å². The first-order chi connectivity index (χ1) is 12.9. The molecule has 0 bridgehead atoms. The molecule has 146 valence electrons. The summed E-state index contributed by atoms with van der Waals surface area (Å²) in [5.74, 6) is 0.823. The van der Waals surface area contributed by atoms with E-state index in [0.717, 1.165) is 5.56 Å². The molecule has 0 saturated heterocycles. The van der Waals surface area contributed by atoms with Gasteiger partial charge in [0.1, 0.15) is 5.82 Å². The van der Waals surface area contributed by atoms with Crippen molar-refractivity contribution >= 4 is 23.2 Å². The van der Waals surface area contributed by atoms with Gasteiger partial charge in [-0.25, -0.2) is 4.39 Å². The van der Waals surface area contributed by atoms with Crippen LogP contribution in [0.5, 0.6) is 17.2 Å². The fourth-order valence-electron chi connectivity index (χ4n) is 2.65. The average molecular weight is 397 g/mol. The third-order valence-corrected chi connectivity index (χ3v) is 4.13. The normalized spacial score (nSPS) is 10.6. The van der Waals surface area contributed by atoms with Crippen molar-refractivity contribution in [2.24, 2.45) is 0 Å². The minimum Gasteiger partial charge on any atom is -0.493 e. The standard InChI is InChI=1S/C19H22ClFN2O4/c1-23(11-17(24)22-13-6-7-15(21)14(20)9-13)10-12-5-8-16(25-2)19(27-4)18(12)26-3/h5-9H,10-11H2,1-4H3,(H,22,24). The lowest BCUT2D eigenvalue weighted by molar-refractivity contribution is -0.117. The van der Waals surface area contributed by atoms with E-state index in [1.54, 1.807) is 27.3 Å². The topological polar surface area (TPSA) is 60.0 Å². The maximum Gasteiger partial charge on any atom is 0.238 e. The highest BCUT2D eigenvalue weighted by atomic mass is 35.5. The second kappa shape index (κ2) is 9.43. The van der Waals surface area contributed by atoms with Crippen LogP contribution in [0.4, 0.5) is 10.1 Å². The smallest absolute Gasteiger partial charge is 0.238 e. The van der Waals surface area contributed by atoms with E-state index in [4.69, 9.17) is 25.8 Å². The summed E-state index contributed by atoms with van der Waals surface area (Å²) in [7, 11) is 6.43. The van der Waals surface area contributed by atoms with Gasteiger partial charge in [0.15, 0.2) is 11.5 Å². The van der Waals surface area contributed by atoms with Gasteiger partial charge < -0.3 is 19.5 Å². The van der Waals surface area contributed by atoms with Crippen LogP contribution in [0, 0.1) is 5.82 Å². The molecule has 0 radical (unpaired) electrons. The van der Waals surface area contributed by atoms with Crippen molar-refractivity contribution in [3.8, 4) is 17.2 Å². The number of hydrogen-bond acceptors (Lipinski definition) is 5. The summed E-state index contributed by atoms with van der Waals surface area (Å²) in [6, 6.07) is 7.66. The molecule has 0 spiro atoms. The quantitative estimate of drug-likeness (QED) is 0.739. The van der Waals surface area contributed by atoms with Crippen molar-refractivity contribution in [1.29, 1.82) is 0 Å². The summed E-state index contributed by atoms with van der Waals surface area (Å²) in [4.78, 5) is 14.0. The van der Waals surface area contributed by atoms with Gasteiger partial charge in [-0.15, -0.1) is 0 Å². The minimum atomic E-state index is -0.535. The number of rotatable bonds is 8. The number of halogens is 2. The molecule has 0 unspecified atom stereocenters. The largest absolute Gasteiger partial charge is 0.493 e. The Balaban J connectivity index is 2.05. The van der Waals surface area contributed by atoms with E-state index >= 15 is 0 Å². The van der Waals surface area contributed by atoms with Crippen molar-refractivity contribution in [3.05, 3.63) is 46.7 Å². The molecule has 0 saturated carbocycles. The van der Waals surface area contributed by atoms with Crippen LogP contribution in [-0.2, 0) is 11.3 Å². The van der Waals surface area contributed by atoms with Crippen LogP contribution >= 0.6 is 11.6 Å². The van der Waals surface area contributed by atoms with Crippen LogP contribution in [0.15, 0.2) is 30.3 Å². The number of carbonyl (C=O) groups is 1. The number of methoxy groups -OCH3 is 3. The van der Waals surface area contributed by atoms with E-state index < -0.39 is 5.82 Å². The van der Waals surface area contributed by atoms with Crippen LogP contribution in [0.2, 0.25) is 5.02 Å². The molecular formula is C19H22ClFN2O4. The molecule has 1 amide bonds.